The SMILES string of the molecule is Cc1cc2nc(Cc3ccccc3Cl)n(CC(=O)NCc3ccccn3)c2cc1C. The Kier molecular flexibility index (Phi) is 5.81. The molecule has 152 valence electrons. The van der Waals surface area contributed by atoms with E-state index in [0.717, 1.165) is 28.1 Å². The molecule has 2 aromatic carbocycles. The van der Waals surface area contributed by atoms with Gasteiger partial charge in [0.2, 0.25) is 5.91 Å². The molecule has 4 rings (SSSR count). The zero-order valence-corrected chi connectivity index (χ0v) is 17.8. The molecule has 1 amide bonds. The Morgan fingerprint density at radius 1 is 1.07 bits per heavy atom. The van der Waals surface area contributed by atoms with Crippen LogP contribution in [0.4, 0.5) is 0 Å². The number of hydrogen-bond acceptors (Lipinski definition) is 3. The number of nitrogens with zero attached hydrogens (tertiary/aromatic N) is 3. The monoisotopic (exact) mass is 418 g/mol. The predicted molar refractivity (Wildman–Crippen MR) is 120 cm³/mol. The van der Waals surface area contributed by atoms with E-state index in [-0.39, 0.29) is 12.5 Å². The third kappa shape index (κ3) is 4.36. The maximum atomic E-state index is 12.7. The van der Waals surface area contributed by atoms with Crippen molar-refractivity contribution in [2.45, 2.75) is 33.4 Å². The van der Waals surface area contributed by atoms with Crippen molar-refractivity contribution in [1.29, 1.82) is 0 Å². The summed E-state index contributed by atoms with van der Waals surface area (Å²) in [6.07, 6.45) is 2.28. The first kappa shape index (κ1) is 20.1. The number of rotatable bonds is 6. The predicted octanol–water partition coefficient (Wildman–Crippen LogP) is 4.61. The Balaban J connectivity index is 1.64. The molecule has 4 aromatic rings. The molecule has 0 bridgehead atoms. The topological polar surface area (TPSA) is 59.8 Å². The van der Waals surface area contributed by atoms with Crippen LogP contribution in [0.3, 0.4) is 0 Å². The van der Waals surface area contributed by atoms with E-state index in [1.54, 1.807) is 6.20 Å². The van der Waals surface area contributed by atoms with Gasteiger partial charge >= 0.3 is 0 Å². The van der Waals surface area contributed by atoms with Crippen molar-refractivity contribution < 1.29 is 4.79 Å². The summed E-state index contributed by atoms with van der Waals surface area (Å²) in [7, 11) is 0. The van der Waals surface area contributed by atoms with Gasteiger partial charge in [-0.15, -0.1) is 0 Å². The first-order chi connectivity index (χ1) is 14.5. The van der Waals surface area contributed by atoms with Gasteiger partial charge in [-0.3, -0.25) is 9.78 Å². The molecule has 30 heavy (non-hydrogen) atoms. The molecule has 1 N–H and O–H groups in total. The first-order valence-corrected chi connectivity index (χ1v) is 10.3. The highest BCUT2D eigenvalue weighted by Gasteiger charge is 2.16. The fourth-order valence-electron chi connectivity index (χ4n) is 3.44. The summed E-state index contributed by atoms with van der Waals surface area (Å²) in [5, 5.41) is 3.65. The average molecular weight is 419 g/mol. The van der Waals surface area contributed by atoms with Crippen LogP contribution in [0.25, 0.3) is 11.0 Å². The van der Waals surface area contributed by atoms with Gasteiger partial charge in [0.15, 0.2) is 0 Å². The number of benzene rings is 2. The lowest BCUT2D eigenvalue weighted by molar-refractivity contribution is -0.121. The van der Waals surface area contributed by atoms with E-state index >= 15 is 0 Å². The number of carbonyl (C=O) groups excluding carboxylic acids is 1. The van der Waals surface area contributed by atoms with Gasteiger partial charge in [-0.1, -0.05) is 35.9 Å². The lowest BCUT2D eigenvalue weighted by Crippen LogP contribution is -2.28. The van der Waals surface area contributed by atoms with Gasteiger partial charge in [0.1, 0.15) is 12.4 Å². The molecule has 2 aromatic heterocycles. The molecule has 0 saturated carbocycles. The maximum Gasteiger partial charge on any atom is 0.240 e. The number of carbonyl (C=O) groups is 1. The number of nitrogens with one attached hydrogen (secondary N) is 1. The Bertz CT molecular complexity index is 1200. The lowest BCUT2D eigenvalue weighted by atomic mass is 10.1. The number of halogens is 1. The highest BCUT2D eigenvalue weighted by atomic mass is 35.5. The van der Waals surface area contributed by atoms with Crippen LogP contribution in [0.5, 0.6) is 0 Å². The van der Waals surface area contributed by atoms with Crippen molar-refractivity contribution >= 4 is 28.5 Å². The molecule has 0 unspecified atom stereocenters. The largest absolute Gasteiger partial charge is 0.349 e. The molecule has 5 nitrogen and oxygen atoms in total. The van der Waals surface area contributed by atoms with E-state index in [1.165, 1.54) is 11.1 Å². The molecule has 0 spiro atoms. The highest BCUT2D eigenvalue weighted by molar-refractivity contribution is 6.31. The minimum Gasteiger partial charge on any atom is -0.349 e. The summed E-state index contributed by atoms with van der Waals surface area (Å²) < 4.78 is 1.98. The second kappa shape index (κ2) is 8.67. The second-order valence-corrected chi connectivity index (χ2v) is 7.81. The van der Waals surface area contributed by atoms with Crippen molar-refractivity contribution in [3.63, 3.8) is 0 Å². The Morgan fingerprint density at radius 2 is 1.83 bits per heavy atom. The smallest absolute Gasteiger partial charge is 0.240 e. The minimum absolute atomic E-state index is 0.0846. The van der Waals surface area contributed by atoms with Crippen LogP contribution in [-0.2, 0) is 24.3 Å². The molecule has 0 atom stereocenters. The van der Waals surface area contributed by atoms with Gasteiger partial charge in [-0.05, 0) is 60.9 Å². The number of hydrogen-bond donors (Lipinski definition) is 1. The second-order valence-electron chi connectivity index (χ2n) is 7.41. The van der Waals surface area contributed by atoms with Gasteiger partial charge in [-0.25, -0.2) is 4.98 Å². The van der Waals surface area contributed by atoms with Gasteiger partial charge in [-0.2, -0.15) is 0 Å². The number of amides is 1. The van der Waals surface area contributed by atoms with E-state index in [4.69, 9.17) is 16.6 Å². The molecule has 0 saturated heterocycles. The van der Waals surface area contributed by atoms with Crippen molar-refractivity contribution in [1.82, 2.24) is 19.9 Å². The maximum absolute atomic E-state index is 12.7. The summed E-state index contributed by atoms with van der Waals surface area (Å²) in [6.45, 7) is 4.72. The summed E-state index contributed by atoms with van der Waals surface area (Å²) >= 11 is 6.38. The van der Waals surface area contributed by atoms with Gasteiger partial charge in [0.25, 0.3) is 0 Å². The van der Waals surface area contributed by atoms with Crippen LogP contribution < -0.4 is 5.32 Å². The van der Waals surface area contributed by atoms with E-state index in [9.17, 15) is 4.79 Å². The summed E-state index contributed by atoms with van der Waals surface area (Å²) in [5.74, 6) is 0.731. The number of pyridine rings is 1. The van der Waals surface area contributed by atoms with E-state index in [1.807, 2.05) is 47.0 Å². The van der Waals surface area contributed by atoms with Gasteiger partial charge in [0.05, 0.1) is 23.3 Å². The molecule has 0 fully saturated rings. The quantitative estimate of drug-likeness (QED) is 0.497. The number of fused-ring (bicyclic) bond motifs is 1. The lowest BCUT2D eigenvalue weighted by Gasteiger charge is -2.11. The van der Waals surface area contributed by atoms with Crippen LogP contribution in [-0.4, -0.2) is 20.4 Å². The fraction of sp³-hybridized carbons (Fsp3) is 0.208. The molecule has 0 aliphatic carbocycles. The Hall–Kier alpha value is -3.18. The molecular formula is C24H23ClN4O. The van der Waals surface area contributed by atoms with Crippen LogP contribution >= 0.6 is 11.6 Å². The Labute approximate surface area is 180 Å². The standard InChI is InChI=1S/C24H23ClN4O/c1-16-11-21-22(12-17(16)2)29(15-24(30)27-14-19-8-5-6-10-26-19)23(28-21)13-18-7-3-4-9-20(18)25/h3-12H,13-15H2,1-2H3,(H,27,30). The fourth-order valence-corrected chi connectivity index (χ4v) is 3.65. The van der Waals surface area contributed by atoms with Crippen LogP contribution in [0.15, 0.2) is 60.8 Å². The molecule has 2 heterocycles. The zero-order valence-electron chi connectivity index (χ0n) is 17.0. The van der Waals surface area contributed by atoms with E-state index in [2.05, 4.69) is 36.3 Å². The minimum atomic E-state index is -0.0846. The molecule has 0 aliphatic rings. The van der Waals surface area contributed by atoms with Gasteiger partial charge in [0, 0.05) is 17.6 Å². The van der Waals surface area contributed by atoms with Crippen LogP contribution in [0.1, 0.15) is 28.2 Å². The van der Waals surface area contributed by atoms with Crippen molar-refractivity contribution in [3.8, 4) is 0 Å². The molecule has 0 radical (unpaired) electrons. The number of aromatic nitrogens is 3. The highest BCUT2D eigenvalue weighted by Crippen LogP contribution is 2.24. The molecule has 6 heteroatoms. The van der Waals surface area contributed by atoms with Gasteiger partial charge < -0.3 is 9.88 Å². The van der Waals surface area contributed by atoms with Crippen molar-refractivity contribution in [2.75, 3.05) is 0 Å². The van der Waals surface area contributed by atoms with Crippen molar-refractivity contribution in [2.24, 2.45) is 0 Å². The molecular weight excluding hydrogens is 396 g/mol. The first-order valence-electron chi connectivity index (χ1n) is 9.87. The number of aryl methyl sites for hydroxylation is 2. The summed E-state index contributed by atoms with van der Waals surface area (Å²) in [4.78, 5) is 21.8. The summed E-state index contributed by atoms with van der Waals surface area (Å²) in [6, 6.07) is 17.6. The van der Waals surface area contributed by atoms with E-state index in [0.29, 0.717) is 18.0 Å². The molecule has 0 aliphatic heterocycles. The van der Waals surface area contributed by atoms with Crippen LogP contribution in [0.2, 0.25) is 5.02 Å². The Morgan fingerprint density at radius 3 is 2.60 bits per heavy atom. The average Bonchev–Trinajstić information content (AvgIpc) is 3.05. The number of imidazole rings is 1. The summed E-state index contributed by atoms with van der Waals surface area (Å²) in [5.41, 5.74) is 5.99. The third-order valence-corrected chi connectivity index (χ3v) is 5.61. The normalized spacial score (nSPS) is 11.0. The zero-order chi connectivity index (χ0) is 21.1. The third-order valence-electron chi connectivity index (χ3n) is 5.24. The van der Waals surface area contributed by atoms with E-state index < -0.39 is 0 Å². The van der Waals surface area contributed by atoms with Crippen LogP contribution in [0, 0.1) is 13.8 Å². The van der Waals surface area contributed by atoms with Crippen molar-refractivity contribution in [3.05, 3.63) is 94.0 Å².